The molecule has 0 bridgehead atoms. The Morgan fingerprint density at radius 2 is 1.79 bits per heavy atom. The molecule has 38 heavy (non-hydrogen) atoms. The number of hydrogen-bond donors (Lipinski definition) is 3. The van der Waals surface area contributed by atoms with Crippen molar-refractivity contribution in [3.05, 3.63) is 62.7 Å². The molecule has 1 aliphatic rings. The van der Waals surface area contributed by atoms with Crippen LogP contribution < -0.4 is 15.6 Å². The molecule has 1 fully saturated rings. The van der Waals surface area contributed by atoms with Gasteiger partial charge in [-0.2, -0.15) is 13.2 Å². The molecule has 3 aromatic rings. The molecule has 204 valence electrons. The molecule has 1 amide bonds. The molecule has 3 heterocycles. The molecule has 1 unspecified atom stereocenters. The normalized spacial score (nSPS) is 18.7. The number of alkyl halides is 3. The van der Waals surface area contributed by atoms with Crippen LogP contribution >= 0.6 is 11.6 Å². The van der Waals surface area contributed by atoms with Crippen LogP contribution in [0.3, 0.4) is 0 Å². The van der Waals surface area contributed by atoms with E-state index in [1.807, 2.05) is 0 Å². The highest BCUT2D eigenvalue weighted by Gasteiger charge is 2.40. The van der Waals surface area contributed by atoms with Crippen molar-refractivity contribution in [2.45, 2.75) is 37.8 Å². The number of rotatable bonds is 5. The highest BCUT2D eigenvalue weighted by atomic mass is 35.5. The maximum atomic E-state index is 15.1. The van der Waals surface area contributed by atoms with Crippen molar-refractivity contribution in [2.24, 2.45) is 0 Å². The van der Waals surface area contributed by atoms with E-state index in [-0.39, 0.29) is 13.1 Å². The number of aromatic nitrogens is 2. The summed E-state index contributed by atoms with van der Waals surface area (Å²) < 4.78 is 84.2. The minimum absolute atomic E-state index is 0.247. The number of hydrogen-bond acceptors (Lipinski definition) is 6. The van der Waals surface area contributed by atoms with Gasteiger partial charge < -0.3 is 20.4 Å². The van der Waals surface area contributed by atoms with Crippen molar-refractivity contribution in [3.8, 4) is 5.69 Å². The second kappa shape index (κ2) is 10.1. The summed E-state index contributed by atoms with van der Waals surface area (Å²) in [6, 6.07) is -0.548. The minimum Gasteiger partial charge on any atom is -0.389 e. The van der Waals surface area contributed by atoms with E-state index in [1.54, 1.807) is 5.32 Å². The highest BCUT2D eigenvalue weighted by molar-refractivity contribution is 6.32. The first kappa shape index (κ1) is 27.7. The highest BCUT2D eigenvalue weighted by Crippen LogP contribution is 2.31. The monoisotopic (exact) mass is 564 g/mol. The zero-order valence-corrected chi connectivity index (χ0v) is 20.1. The molecule has 1 aromatic carbocycles. The summed E-state index contributed by atoms with van der Waals surface area (Å²) in [6.45, 7) is 0.656. The fraction of sp³-hybridized carbons (Fsp3) is 0.348. The minimum atomic E-state index is -4.85. The van der Waals surface area contributed by atoms with Crippen LogP contribution in [0, 0.1) is 17.5 Å². The Balaban J connectivity index is 1.99. The molecule has 2 aromatic heterocycles. The van der Waals surface area contributed by atoms with E-state index in [0.717, 1.165) is 16.4 Å². The fourth-order valence-electron chi connectivity index (χ4n) is 4.13. The summed E-state index contributed by atoms with van der Waals surface area (Å²) in [4.78, 5) is 31.1. The number of carbonyl (C=O) groups excluding carboxylic acids is 1. The quantitative estimate of drug-likeness (QED) is 0.411. The summed E-state index contributed by atoms with van der Waals surface area (Å²) in [7, 11) is 0. The van der Waals surface area contributed by atoms with Gasteiger partial charge in [0.1, 0.15) is 23.1 Å². The average molecular weight is 565 g/mol. The third-order valence-electron chi connectivity index (χ3n) is 6.05. The Kier molecular flexibility index (Phi) is 7.34. The largest absolute Gasteiger partial charge is 0.408 e. The Bertz CT molecular complexity index is 1450. The number of fused-ring (bicyclic) bond motifs is 1. The number of aliphatic hydroxyl groups excluding tert-OH is 2. The molecular formula is C23H19ClF6N4O4. The number of carbonyl (C=O) groups is 1. The molecule has 1 saturated heterocycles. The van der Waals surface area contributed by atoms with Gasteiger partial charge in [-0.1, -0.05) is 18.5 Å². The molecule has 0 saturated carbocycles. The van der Waals surface area contributed by atoms with Crippen LogP contribution in [0.25, 0.3) is 16.7 Å². The van der Waals surface area contributed by atoms with E-state index in [9.17, 15) is 41.8 Å². The number of amides is 1. The third-order valence-corrected chi connectivity index (χ3v) is 6.34. The summed E-state index contributed by atoms with van der Waals surface area (Å²) >= 11 is 6.04. The Labute approximate surface area is 215 Å². The van der Waals surface area contributed by atoms with E-state index in [2.05, 4.69) is 4.98 Å². The van der Waals surface area contributed by atoms with Gasteiger partial charge in [0.15, 0.2) is 23.1 Å². The van der Waals surface area contributed by atoms with Crippen LogP contribution in [0.5, 0.6) is 0 Å². The van der Waals surface area contributed by atoms with Crippen LogP contribution in [-0.4, -0.2) is 63.2 Å². The number of anilines is 1. The molecule has 0 aliphatic carbocycles. The van der Waals surface area contributed by atoms with E-state index >= 15 is 4.39 Å². The van der Waals surface area contributed by atoms with Gasteiger partial charge >= 0.3 is 6.18 Å². The number of nitrogens with one attached hydrogen (secondary N) is 1. The van der Waals surface area contributed by atoms with Gasteiger partial charge in [0.05, 0.1) is 22.6 Å². The van der Waals surface area contributed by atoms with Crippen molar-refractivity contribution in [1.29, 1.82) is 0 Å². The second-order valence-corrected chi connectivity index (χ2v) is 9.05. The first-order valence-electron chi connectivity index (χ1n) is 11.1. The Hall–Kier alpha value is -3.36. The lowest BCUT2D eigenvalue weighted by Crippen LogP contribution is -2.46. The summed E-state index contributed by atoms with van der Waals surface area (Å²) in [5.41, 5.74) is -3.24. The summed E-state index contributed by atoms with van der Waals surface area (Å²) in [6.07, 6.45) is -7.23. The number of halogens is 7. The lowest BCUT2D eigenvalue weighted by atomic mass is 10.1. The zero-order chi connectivity index (χ0) is 28.1. The number of nitrogens with zero attached hydrogens (tertiary/aromatic N) is 3. The standard InChI is InChI=1S/C23H19ClF6N4O4/c1-2-17(23(28,29)30)31-22(38)11-6-34(18-12(24)3-9(25)4-13(18)26)20-10(19(11)37)5-14(27)21(32-20)33-7-15(35)16(36)8-33/h3-6,15-17,35-36H,2,7-8H2,1H3,(H,31,38)/t15-,16-,17?/m1/s1. The van der Waals surface area contributed by atoms with Gasteiger partial charge in [-0.3, -0.25) is 14.2 Å². The SMILES string of the molecule is CCC(NC(=O)c1cn(-c2c(F)cc(F)cc2Cl)c2nc(N3C[C@@H](O)[C@H](O)C3)c(F)cc2c1=O)C(F)(F)F. The molecule has 8 nitrogen and oxygen atoms in total. The molecule has 4 rings (SSSR count). The number of pyridine rings is 2. The molecule has 1 aliphatic heterocycles. The van der Waals surface area contributed by atoms with E-state index in [1.165, 1.54) is 0 Å². The zero-order valence-electron chi connectivity index (χ0n) is 19.4. The lowest BCUT2D eigenvalue weighted by Gasteiger charge is -2.22. The Morgan fingerprint density at radius 1 is 1.16 bits per heavy atom. The van der Waals surface area contributed by atoms with E-state index in [0.29, 0.717) is 24.4 Å². The van der Waals surface area contributed by atoms with E-state index in [4.69, 9.17) is 11.6 Å². The number of β-amino-alcohol motifs (C(OH)–C–C–N with tert-alkyl or cyclic N) is 2. The van der Waals surface area contributed by atoms with Crippen molar-refractivity contribution >= 4 is 34.4 Å². The molecule has 3 N–H and O–H groups in total. The number of benzene rings is 1. The van der Waals surface area contributed by atoms with Crippen LogP contribution in [0.4, 0.5) is 32.2 Å². The first-order valence-corrected chi connectivity index (χ1v) is 11.5. The molecule has 3 atom stereocenters. The van der Waals surface area contributed by atoms with Crippen LogP contribution in [0.2, 0.25) is 5.02 Å². The third kappa shape index (κ3) is 5.02. The van der Waals surface area contributed by atoms with Crippen LogP contribution in [0.15, 0.2) is 29.2 Å². The van der Waals surface area contributed by atoms with Gasteiger partial charge in [-0.05, 0) is 18.6 Å². The summed E-state index contributed by atoms with van der Waals surface area (Å²) in [5.74, 6) is -5.43. The fourth-order valence-corrected chi connectivity index (χ4v) is 4.41. The van der Waals surface area contributed by atoms with Gasteiger partial charge in [0, 0.05) is 25.4 Å². The Morgan fingerprint density at radius 3 is 2.34 bits per heavy atom. The van der Waals surface area contributed by atoms with Crippen LogP contribution in [-0.2, 0) is 0 Å². The van der Waals surface area contributed by atoms with Gasteiger partial charge in [0.2, 0.25) is 5.43 Å². The van der Waals surface area contributed by atoms with E-state index < -0.39 is 92.8 Å². The maximum Gasteiger partial charge on any atom is 0.408 e. The van der Waals surface area contributed by atoms with Crippen molar-refractivity contribution in [1.82, 2.24) is 14.9 Å². The predicted octanol–water partition coefficient (Wildman–Crippen LogP) is 3.07. The van der Waals surface area contributed by atoms with Crippen molar-refractivity contribution in [2.75, 3.05) is 18.0 Å². The molecule has 0 radical (unpaired) electrons. The topological polar surface area (TPSA) is 108 Å². The van der Waals surface area contributed by atoms with Gasteiger partial charge in [-0.15, -0.1) is 0 Å². The smallest absolute Gasteiger partial charge is 0.389 e. The molecular weight excluding hydrogens is 546 g/mol. The first-order chi connectivity index (χ1) is 17.7. The number of aliphatic hydroxyl groups is 2. The van der Waals surface area contributed by atoms with Crippen molar-refractivity contribution < 1.29 is 41.4 Å². The average Bonchev–Trinajstić information content (AvgIpc) is 3.14. The lowest BCUT2D eigenvalue weighted by molar-refractivity contribution is -0.153. The predicted molar refractivity (Wildman–Crippen MR) is 124 cm³/mol. The molecule has 0 spiro atoms. The second-order valence-electron chi connectivity index (χ2n) is 8.64. The molecule has 15 heteroatoms. The summed E-state index contributed by atoms with van der Waals surface area (Å²) in [5, 5.41) is 20.2. The van der Waals surface area contributed by atoms with Crippen molar-refractivity contribution in [3.63, 3.8) is 0 Å². The van der Waals surface area contributed by atoms with Gasteiger partial charge in [0.25, 0.3) is 5.91 Å². The maximum absolute atomic E-state index is 15.1. The van der Waals surface area contributed by atoms with Crippen LogP contribution in [0.1, 0.15) is 23.7 Å². The van der Waals surface area contributed by atoms with Gasteiger partial charge in [-0.25, -0.2) is 18.2 Å².